The van der Waals surface area contributed by atoms with Crippen molar-refractivity contribution in [3.8, 4) is 0 Å². The van der Waals surface area contributed by atoms with E-state index in [1.807, 2.05) is 30.5 Å². The topological polar surface area (TPSA) is 117 Å². The molecule has 0 spiro atoms. The van der Waals surface area contributed by atoms with Crippen molar-refractivity contribution < 1.29 is 19.3 Å². The summed E-state index contributed by atoms with van der Waals surface area (Å²) in [7, 11) is 0. The van der Waals surface area contributed by atoms with Crippen molar-refractivity contribution >= 4 is 62.6 Å². The van der Waals surface area contributed by atoms with Gasteiger partial charge in [-0.05, 0) is 77.0 Å². The van der Waals surface area contributed by atoms with E-state index in [2.05, 4.69) is 27.6 Å². The Morgan fingerprint density at radius 2 is 1.76 bits per heavy atom. The Morgan fingerprint density at radius 1 is 1.05 bits per heavy atom. The molecular weight excluding hydrogens is 587 g/mol. The van der Waals surface area contributed by atoms with Crippen LogP contribution in [0.4, 0.5) is 11.4 Å². The first kappa shape index (κ1) is 24.6. The number of fused-ring (bicyclic) bond motifs is 1. The Labute approximate surface area is 225 Å². The number of carbonyl (C=O) groups is 3. The van der Waals surface area contributed by atoms with E-state index in [-0.39, 0.29) is 30.1 Å². The van der Waals surface area contributed by atoms with E-state index in [1.54, 1.807) is 24.3 Å². The number of hydrogen-bond acceptors (Lipinski definition) is 5. The molecule has 9 nitrogen and oxygen atoms in total. The molecule has 1 atom stereocenters. The average molecular weight is 608 g/mol. The molecule has 186 valence electrons. The summed E-state index contributed by atoms with van der Waals surface area (Å²) in [5, 5.41) is 12.1. The lowest BCUT2D eigenvalue weighted by atomic mass is 10.1. The standard InChI is InChI=1S/C27H21IN4O5/c28-19-7-11-20(12-8-19)31-25(33)15-24(27(31)35)30(26(34)17-5-9-21(10-6-17)32(36)37)14-13-18-16-29-23-4-2-1-3-22(18)23/h1-12,16,24,29H,13-15H2. The maximum absolute atomic E-state index is 13.6. The molecule has 2 heterocycles. The SMILES string of the molecule is O=C1CC(N(CCc2c[nH]c3ccccc23)C(=O)c2ccc([N+](=O)[O-])cc2)C(=O)N1c1ccc(I)cc1. The minimum absolute atomic E-state index is 0.140. The molecule has 1 aliphatic rings. The van der Waals surface area contributed by atoms with Gasteiger partial charge in [-0.3, -0.25) is 24.5 Å². The number of para-hydroxylation sites is 1. The first-order valence-electron chi connectivity index (χ1n) is 11.6. The van der Waals surface area contributed by atoms with Crippen molar-refractivity contribution in [2.75, 3.05) is 11.4 Å². The summed E-state index contributed by atoms with van der Waals surface area (Å²) in [6.07, 6.45) is 2.18. The number of rotatable bonds is 7. The number of hydrogen-bond donors (Lipinski definition) is 1. The van der Waals surface area contributed by atoms with Gasteiger partial charge in [-0.15, -0.1) is 0 Å². The fourth-order valence-electron chi connectivity index (χ4n) is 4.59. The Bertz CT molecular complexity index is 1510. The molecule has 1 N–H and O–H groups in total. The Hall–Kier alpha value is -4.06. The van der Waals surface area contributed by atoms with Crippen LogP contribution in [0.1, 0.15) is 22.3 Å². The number of nitro benzene ring substituents is 1. The minimum Gasteiger partial charge on any atom is -0.361 e. The van der Waals surface area contributed by atoms with Gasteiger partial charge < -0.3 is 9.88 Å². The second kappa shape index (κ2) is 10.1. The third-order valence-electron chi connectivity index (χ3n) is 6.47. The number of carbonyl (C=O) groups excluding carboxylic acids is 3. The minimum atomic E-state index is -0.986. The summed E-state index contributed by atoms with van der Waals surface area (Å²) in [5.41, 5.74) is 2.46. The number of anilines is 1. The highest BCUT2D eigenvalue weighted by molar-refractivity contribution is 14.1. The number of amides is 3. The fourth-order valence-corrected chi connectivity index (χ4v) is 4.95. The quantitative estimate of drug-likeness (QED) is 0.141. The normalized spacial score (nSPS) is 15.4. The number of halogens is 1. The summed E-state index contributed by atoms with van der Waals surface area (Å²) in [6.45, 7) is 0.182. The summed E-state index contributed by atoms with van der Waals surface area (Å²) in [6, 6.07) is 19.1. The first-order chi connectivity index (χ1) is 17.8. The summed E-state index contributed by atoms with van der Waals surface area (Å²) >= 11 is 2.14. The third-order valence-corrected chi connectivity index (χ3v) is 7.19. The molecule has 37 heavy (non-hydrogen) atoms. The Balaban J connectivity index is 1.46. The number of aromatic nitrogens is 1. The van der Waals surface area contributed by atoms with Gasteiger partial charge in [0.05, 0.1) is 17.0 Å². The van der Waals surface area contributed by atoms with Gasteiger partial charge in [0.2, 0.25) is 5.91 Å². The van der Waals surface area contributed by atoms with Crippen LogP contribution in [0.25, 0.3) is 10.9 Å². The van der Waals surface area contributed by atoms with Crippen molar-refractivity contribution in [1.29, 1.82) is 0 Å². The largest absolute Gasteiger partial charge is 0.361 e. The molecule has 1 aliphatic heterocycles. The number of non-ortho nitro benzene ring substituents is 1. The molecular formula is C27H21IN4O5. The lowest BCUT2D eigenvalue weighted by molar-refractivity contribution is -0.384. The van der Waals surface area contributed by atoms with Crippen LogP contribution in [-0.2, 0) is 16.0 Å². The average Bonchev–Trinajstić information content (AvgIpc) is 3.45. The Kier molecular flexibility index (Phi) is 6.74. The van der Waals surface area contributed by atoms with Crippen LogP contribution < -0.4 is 4.90 Å². The molecule has 3 aromatic carbocycles. The fraction of sp³-hybridized carbons (Fsp3) is 0.148. The zero-order valence-electron chi connectivity index (χ0n) is 19.5. The van der Waals surface area contributed by atoms with Crippen LogP contribution >= 0.6 is 22.6 Å². The Morgan fingerprint density at radius 3 is 2.46 bits per heavy atom. The third kappa shape index (κ3) is 4.84. The molecule has 0 radical (unpaired) electrons. The zero-order chi connectivity index (χ0) is 26.1. The summed E-state index contributed by atoms with van der Waals surface area (Å²) < 4.78 is 0.964. The molecule has 3 amide bonds. The number of aromatic amines is 1. The second-order valence-electron chi connectivity index (χ2n) is 8.68. The van der Waals surface area contributed by atoms with E-state index < -0.39 is 22.8 Å². The van der Waals surface area contributed by atoms with Crippen LogP contribution in [0.2, 0.25) is 0 Å². The van der Waals surface area contributed by atoms with Crippen LogP contribution in [0.15, 0.2) is 79.0 Å². The van der Waals surface area contributed by atoms with Crippen LogP contribution in [0.3, 0.4) is 0 Å². The van der Waals surface area contributed by atoms with Crippen molar-refractivity contribution in [2.24, 2.45) is 0 Å². The van der Waals surface area contributed by atoms with E-state index in [1.165, 1.54) is 29.2 Å². The van der Waals surface area contributed by atoms with Gasteiger partial charge >= 0.3 is 0 Å². The summed E-state index contributed by atoms with van der Waals surface area (Å²) in [5.74, 6) is -1.32. The highest BCUT2D eigenvalue weighted by Crippen LogP contribution is 2.28. The molecule has 10 heteroatoms. The van der Waals surface area contributed by atoms with Gasteiger partial charge in [0.1, 0.15) is 6.04 Å². The number of nitro groups is 1. The monoisotopic (exact) mass is 608 g/mol. The highest BCUT2D eigenvalue weighted by Gasteiger charge is 2.44. The highest BCUT2D eigenvalue weighted by atomic mass is 127. The molecule has 1 fully saturated rings. The molecule has 0 saturated carbocycles. The molecule has 0 bridgehead atoms. The van der Waals surface area contributed by atoms with Crippen molar-refractivity contribution in [3.63, 3.8) is 0 Å². The predicted octanol–water partition coefficient (Wildman–Crippen LogP) is 4.70. The lowest BCUT2D eigenvalue weighted by Gasteiger charge is -2.28. The van der Waals surface area contributed by atoms with E-state index in [0.29, 0.717) is 12.1 Å². The number of imide groups is 1. The molecule has 1 saturated heterocycles. The van der Waals surface area contributed by atoms with E-state index >= 15 is 0 Å². The molecule has 5 rings (SSSR count). The predicted molar refractivity (Wildman–Crippen MR) is 146 cm³/mol. The molecule has 1 aromatic heterocycles. The van der Waals surface area contributed by atoms with Gasteiger partial charge in [0.15, 0.2) is 0 Å². The van der Waals surface area contributed by atoms with E-state index in [0.717, 1.165) is 24.9 Å². The number of nitrogens with one attached hydrogen (secondary N) is 1. The lowest BCUT2D eigenvalue weighted by Crippen LogP contribution is -2.46. The van der Waals surface area contributed by atoms with Gasteiger partial charge in [0, 0.05) is 44.9 Å². The van der Waals surface area contributed by atoms with E-state index in [4.69, 9.17) is 0 Å². The second-order valence-corrected chi connectivity index (χ2v) is 9.92. The first-order valence-corrected chi connectivity index (χ1v) is 12.6. The van der Waals surface area contributed by atoms with Crippen LogP contribution in [0, 0.1) is 13.7 Å². The van der Waals surface area contributed by atoms with Gasteiger partial charge in [-0.2, -0.15) is 0 Å². The molecule has 1 unspecified atom stereocenters. The van der Waals surface area contributed by atoms with Gasteiger partial charge in [-0.1, -0.05) is 18.2 Å². The van der Waals surface area contributed by atoms with Gasteiger partial charge in [0.25, 0.3) is 17.5 Å². The van der Waals surface area contributed by atoms with Gasteiger partial charge in [-0.25, -0.2) is 4.90 Å². The summed E-state index contributed by atoms with van der Waals surface area (Å²) in [4.78, 5) is 56.4. The van der Waals surface area contributed by atoms with Crippen molar-refractivity contribution in [2.45, 2.75) is 18.9 Å². The van der Waals surface area contributed by atoms with Crippen LogP contribution in [-0.4, -0.2) is 45.1 Å². The maximum Gasteiger partial charge on any atom is 0.269 e. The molecule has 4 aromatic rings. The van der Waals surface area contributed by atoms with Crippen molar-refractivity contribution in [3.05, 3.63) is 104 Å². The number of nitrogens with zero attached hydrogens (tertiary/aromatic N) is 3. The van der Waals surface area contributed by atoms with E-state index in [9.17, 15) is 24.5 Å². The maximum atomic E-state index is 13.6. The van der Waals surface area contributed by atoms with Crippen molar-refractivity contribution in [1.82, 2.24) is 9.88 Å². The smallest absolute Gasteiger partial charge is 0.269 e. The number of H-pyrrole nitrogens is 1. The molecule has 0 aliphatic carbocycles. The number of benzene rings is 3. The zero-order valence-corrected chi connectivity index (χ0v) is 21.6. The van der Waals surface area contributed by atoms with Crippen LogP contribution in [0.5, 0.6) is 0 Å².